The number of benzene rings is 3. The number of nitrogens with zero attached hydrogens (tertiary/aromatic N) is 3. The lowest BCUT2D eigenvalue weighted by Gasteiger charge is -2.15. The maximum Gasteiger partial charge on any atom is 0.573 e. The van der Waals surface area contributed by atoms with Gasteiger partial charge in [-0.15, -0.1) is 13.2 Å². The van der Waals surface area contributed by atoms with Crippen LogP contribution in [0.4, 0.5) is 26.3 Å². The Balaban J connectivity index is 1.40. The van der Waals surface area contributed by atoms with Crippen LogP contribution in [0, 0.1) is 6.92 Å². The number of rotatable bonds is 8. The van der Waals surface area contributed by atoms with Crippen molar-refractivity contribution >= 4 is 17.6 Å². The van der Waals surface area contributed by atoms with Gasteiger partial charge in [0.2, 0.25) is 0 Å². The van der Waals surface area contributed by atoms with Crippen molar-refractivity contribution in [2.75, 3.05) is 0 Å². The van der Waals surface area contributed by atoms with Gasteiger partial charge in [-0.3, -0.25) is 0 Å². The van der Waals surface area contributed by atoms with Gasteiger partial charge >= 0.3 is 18.5 Å². The van der Waals surface area contributed by atoms with Crippen molar-refractivity contribution in [1.29, 1.82) is 0 Å². The molecule has 1 N–H and O–H groups in total. The molecule has 0 saturated carbocycles. The Morgan fingerprint density at radius 2 is 1.64 bits per heavy atom. The Kier molecular flexibility index (Phi) is 8.48. The molecule has 7 nitrogen and oxygen atoms in total. The van der Waals surface area contributed by atoms with Crippen LogP contribution in [0.15, 0.2) is 85.1 Å². The highest BCUT2D eigenvalue weighted by atomic mass is 35.5. The molecule has 2 aromatic heterocycles. The topological polar surface area (TPSA) is 86.5 Å². The summed E-state index contributed by atoms with van der Waals surface area (Å²) in [6.45, 7) is 1.90. The first-order chi connectivity index (χ1) is 21.2. The highest BCUT2D eigenvalue weighted by Crippen LogP contribution is 2.36. The minimum absolute atomic E-state index is 0.0663. The van der Waals surface area contributed by atoms with Gasteiger partial charge in [0.15, 0.2) is 11.5 Å². The molecule has 0 aliphatic heterocycles. The zero-order valence-electron chi connectivity index (χ0n) is 22.9. The summed E-state index contributed by atoms with van der Waals surface area (Å²) in [5.41, 5.74) is 1.14. The quantitative estimate of drug-likeness (QED) is 0.170. The summed E-state index contributed by atoms with van der Waals surface area (Å²) in [7, 11) is 0. The first-order valence-electron chi connectivity index (χ1n) is 12.9. The van der Waals surface area contributed by atoms with Crippen LogP contribution in [0.1, 0.15) is 27.2 Å². The third-order valence-corrected chi connectivity index (χ3v) is 6.82. The van der Waals surface area contributed by atoms with E-state index in [-0.39, 0.29) is 29.6 Å². The highest BCUT2D eigenvalue weighted by Gasteiger charge is 2.41. The second kappa shape index (κ2) is 12.2. The molecule has 0 atom stereocenters. The lowest BCUT2D eigenvalue weighted by molar-refractivity contribution is -0.274. The number of carboxylic acid groups (broad SMARTS) is 1. The number of pyridine rings is 1. The predicted octanol–water partition coefficient (Wildman–Crippen LogP) is 8.76. The smallest absolute Gasteiger partial charge is 0.488 e. The van der Waals surface area contributed by atoms with E-state index in [2.05, 4.69) is 14.8 Å². The van der Waals surface area contributed by atoms with Gasteiger partial charge in [-0.2, -0.15) is 18.3 Å². The third kappa shape index (κ3) is 7.20. The molecule has 0 bridgehead atoms. The van der Waals surface area contributed by atoms with Crippen LogP contribution < -0.4 is 9.47 Å². The number of carboxylic acids is 1. The molecular formula is C31H20ClF6N3O4. The van der Waals surface area contributed by atoms with Crippen LogP contribution in [-0.2, 0) is 12.8 Å². The van der Waals surface area contributed by atoms with E-state index in [4.69, 9.17) is 16.3 Å². The van der Waals surface area contributed by atoms with Crippen molar-refractivity contribution in [3.8, 4) is 39.7 Å². The predicted molar refractivity (Wildman–Crippen MR) is 151 cm³/mol. The van der Waals surface area contributed by atoms with Crippen LogP contribution >= 0.6 is 11.6 Å². The monoisotopic (exact) mass is 647 g/mol. The Morgan fingerprint density at radius 3 is 2.29 bits per heavy atom. The van der Waals surface area contributed by atoms with Gasteiger partial charge in [-0.05, 0) is 71.6 Å². The third-order valence-electron chi connectivity index (χ3n) is 6.59. The number of carbonyl (C=O) groups is 1. The standard InChI is InChI=1S/C31H20ClF6N3O4/c1-17-13-19(18-7-10-22(11-8-18)45-31(36,37)38)5-6-20(17)16-44-26-14-21(32)9-12-23(26)25-3-2-4-27(40-25)41-28(30(33,34)35)24(15-39-41)29(42)43/h2-15H,16H2,1H3,(H,42,43). The molecule has 0 unspecified atom stereocenters. The van der Waals surface area contributed by atoms with E-state index in [1.54, 1.807) is 30.3 Å². The average Bonchev–Trinajstić information content (AvgIpc) is 3.43. The van der Waals surface area contributed by atoms with Crippen molar-refractivity contribution < 1.29 is 45.7 Å². The molecule has 5 aromatic rings. The lowest BCUT2D eigenvalue weighted by atomic mass is 10.00. The number of alkyl halides is 6. The molecule has 0 aliphatic rings. The number of hydrogen-bond donors (Lipinski definition) is 1. The van der Waals surface area contributed by atoms with E-state index >= 15 is 0 Å². The van der Waals surface area contributed by atoms with Gasteiger partial charge in [0.1, 0.15) is 23.7 Å². The van der Waals surface area contributed by atoms with E-state index in [1.165, 1.54) is 42.5 Å². The van der Waals surface area contributed by atoms with Gasteiger partial charge in [0.25, 0.3) is 0 Å². The number of aromatic carboxylic acids is 1. The van der Waals surface area contributed by atoms with Gasteiger partial charge < -0.3 is 14.6 Å². The molecule has 232 valence electrons. The van der Waals surface area contributed by atoms with Crippen molar-refractivity contribution in [2.24, 2.45) is 0 Å². The Hall–Kier alpha value is -5.04. The summed E-state index contributed by atoms with van der Waals surface area (Å²) in [4.78, 5) is 15.7. The normalized spacial score (nSPS) is 11.8. The van der Waals surface area contributed by atoms with Crippen LogP contribution in [0.2, 0.25) is 5.02 Å². The summed E-state index contributed by atoms with van der Waals surface area (Å²) in [6.07, 6.45) is -9.19. The Morgan fingerprint density at radius 1 is 0.933 bits per heavy atom. The molecule has 0 radical (unpaired) electrons. The van der Waals surface area contributed by atoms with Crippen molar-refractivity contribution in [3.05, 3.63) is 112 Å². The fourth-order valence-corrected chi connectivity index (χ4v) is 4.67. The van der Waals surface area contributed by atoms with E-state index in [9.17, 15) is 36.2 Å². The molecular weight excluding hydrogens is 628 g/mol. The fourth-order valence-electron chi connectivity index (χ4n) is 4.51. The van der Waals surface area contributed by atoms with Crippen molar-refractivity contribution in [2.45, 2.75) is 26.1 Å². The highest BCUT2D eigenvalue weighted by molar-refractivity contribution is 6.30. The van der Waals surface area contributed by atoms with Crippen LogP contribution in [0.25, 0.3) is 28.2 Å². The summed E-state index contributed by atoms with van der Waals surface area (Å²) < 4.78 is 89.1. The Labute approximate surface area is 256 Å². The van der Waals surface area contributed by atoms with Gasteiger partial charge in [0, 0.05) is 10.6 Å². The molecule has 2 heterocycles. The SMILES string of the molecule is Cc1cc(-c2ccc(OC(F)(F)F)cc2)ccc1COc1cc(Cl)ccc1-c1cccc(-n2ncc(C(=O)O)c2C(F)(F)F)n1. The average molecular weight is 648 g/mol. The van der Waals surface area contributed by atoms with Crippen LogP contribution in [-0.4, -0.2) is 32.2 Å². The number of aromatic nitrogens is 3. The molecule has 5 rings (SSSR count). The summed E-state index contributed by atoms with van der Waals surface area (Å²) >= 11 is 6.22. The molecule has 0 spiro atoms. The van der Waals surface area contributed by atoms with E-state index in [1.807, 2.05) is 13.0 Å². The van der Waals surface area contributed by atoms with Gasteiger partial charge in [-0.1, -0.05) is 48.0 Å². The van der Waals surface area contributed by atoms with Gasteiger partial charge in [-0.25, -0.2) is 14.5 Å². The van der Waals surface area contributed by atoms with E-state index in [0.29, 0.717) is 27.0 Å². The zero-order valence-corrected chi connectivity index (χ0v) is 23.7. The fraction of sp³-hybridized carbons (Fsp3) is 0.129. The number of ether oxygens (including phenoxy) is 2. The number of halogens is 7. The second-order valence-corrected chi connectivity index (χ2v) is 10.1. The summed E-state index contributed by atoms with van der Waals surface area (Å²) in [5.74, 6) is -2.10. The zero-order chi connectivity index (χ0) is 32.5. The minimum atomic E-state index is -5.02. The molecule has 0 saturated heterocycles. The molecule has 0 fully saturated rings. The second-order valence-electron chi connectivity index (χ2n) is 9.65. The largest absolute Gasteiger partial charge is 0.573 e. The van der Waals surface area contributed by atoms with Crippen molar-refractivity contribution in [1.82, 2.24) is 14.8 Å². The van der Waals surface area contributed by atoms with Crippen LogP contribution in [0.5, 0.6) is 11.5 Å². The molecule has 14 heteroatoms. The van der Waals surface area contributed by atoms with E-state index < -0.39 is 29.8 Å². The minimum Gasteiger partial charge on any atom is -0.488 e. The molecule has 45 heavy (non-hydrogen) atoms. The Bertz CT molecular complexity index is 1870. The summed E-state index contributed by atoms with van der Waals surface area (Å²) in [6, 6.07) is 19.8. The number of hydrogen-bond acceptors (Lipinski definition) is 5. The lowest BCUT2D eigenvalue weighted by Crippen LogP contribution is -2.18. The molecule has 0 amide bonds. The maximum absolute atomic E-state index is 13.8. The van der Waals surface area contributed by atoms with Crippen molar-refractivity contribution in [3.63, 3.8) is 0 Å². The number of aryl methyl sites for hydroxylation is 1. The van der Waals surface area contributed by atoms with E-state index in [0.717, 1.165) is 16.7 Å². The summed E-state index contributed by atoms with van der Waals surface area (Å²) in [5, 5.41) is 13.2. The maximum atomic E-state index is 13.8. The van der Waals surface area contributed by atoms with Gasteiger partial charge in [0.05, 0.1) is 11.9 Å². The first-order valence-corrected chi connectivity index (χ1v) is 13.3. The molecule has 3 aromatic carbocycles. The molecule has 0 aliphatic carbocycles. The first kappa shape index (κ1) is 31.4. The van der Waals surface area contributed by atoms with Crippen LogP contribution in [0.3, 0.4) is 0 Å².